The molecule has 0 atom stereocenters. The Morgan fingerprint density at radius 3 is 2.55 bits per heavy atom. The van der Waals surface area contributed by atoms with Gasteiger partial charge in [-0.3, -0.25) is 0 Å². The van der Waals surface area contributed by atoms with Crippen molar-refractivity contribution >= 4 is 5.69 Å². The van der Waals surface area contributed by atoms with Gasteiger partial charge in [-0.25, -0.2) is 0 Å². The van der Waals surface area contributed by atoms with Crippen LogP contribution >= 0.6 is 0 Å². The van der Waals surface area contributed by atoms with Gasteiger partial charge >= 0.3 is 0 Å². The molecule has 11 heavy (non-hydrogen) atoms. The van der Waals surface area contributed by atoms with Crippen LogP contribution in [-0.2, 0) is 0 Å². The van der Waals surface area contributed by atoms with Crippen molar-refractivity contribution in [3.63, 3.8) is 0 Å². The zero-order chi connectivity index (χ0) is 8.10. The molecule has 1 nitrogen and oxygen atoms in total. The molecular formula is C10H12N. The molecule has 1 rings (SSSR count). The Hall–Kier alpha value is -1.24. The predicted octanol–water partition coefficient (Wildman–Crippen LogP) is 2.82. The first-order valence-corrected chi connectivity index (χ1v) is 3.65. The first kappa shape index (κ1) is 7.86. The number of anilines is 1. The number of hydrogen-bond acceptors (Lipinski definition) is 1. The molecule has 0 spiro atoms. The highest BCUT2D eigenvalue weighted by Gasteiger charge is 1.83. The summed E-state index contributed by atoms with van der Waals surface area (Å²) in [5.74, 6) is 0. The molecule has 0 saturated heterocycles. The van der Waals surface area contributed by atoms with Crippen molar-refractivity contribution in [3.05, 3.63) is 42.1 Å². The van der Waals surface area contributed by atoms with Crippen LogP contribution in [0.5, 0.6) is 0 Å². The molecule has 1 aromatic carbocycles. The van der Waals surface area contributed by atoms with Crippen LogP contribution in [0.3, 0.4) is 0 Å². The zero-order valence-electron chi connectivity index (χ0n) is 6.89. The summed E-state index contributed by atoms with van der Waals surface area (Å²) >= 11 is 0. The van der Waals surface area contributed by atoms with Gasteiger partial charge in [0, 0.05) is 5.69 Å². The third-order valence-corrected chi connectivity index (χ3v) is 1.25. The van der Waals surface area contributed by atoms with Crippen molar-refractivity contribution in [1.82, 2.24) is 0 Å². The van der Waals surface area contributed by atoms with E-state index in [9.17, 15) is 0 Å². The molecule has 1 radical (unpaired) electrons. The van der Waals surface area contributed by atoms with Crippen molar-refractivity contribution in [2.24, 2.45) is 0 Å². The molecule has 1 aromatic rings. The van der Waals surface area contributed by atoms with Gasteiger partial charge in [-0.2, -0.15) is 0 Å². The van der Waals surface area contributed by atoms with Crippen LogP contribution in [0.1, 0.15) is 13.8 Å². The van der Waals surface area contributed by atoms with Gasteiger partial charge in [0.15, 0.2) is 0 Å². The SMILES string of the molecule is CC(C)=CNc1cc[c]cc1. The monoisotopic (exact) mass is 146 g/mol. The lowest BCUT2D eigenvalue weighted by Crippen LogP contribution is -1.86. The highest BCUT2D eigenvalue weighted by atomic mass is 14.8. The minimum atomic E-state index is 1.10. The van der Waals surface area contributed by atoms with Crippen molar-refractivity contribution < 1.29 is 0 Å². The third-order valence-electron chi connectivity index (χ3n) is 1.25. The standard InChI is InChI=1S/C10H12N/c1-9(2)8-11-10-6-4-3-5-7-10/h4-8,11H,1-2H3. The van der Waals surface area contributed by atoms with E-state index in [1.54, 1.807) is 0 Å². The van der Waals surface area contributed by atoms with E-state index in [1.165, 1.54) is 5.57 Å². The Bertz CT molecular complexity index is 232. The minimum Gasteiger partial charge on any atom is -0.362 e. The zero-order valence-corrected chi connectivity index (χ0v) is 6.89. The summed E-state index contributed by atoms with van der Waals surface area (Å²) in [6.07, 6.45) is 1.98. The quantitative estimate of drug-likeness (QED) is 0.676. The molecule has 0 bridgehead atoms. The van der Waals surface area contributed by atoms with Crippen LogP contribution in [0.2, 0.25) is 0 Å². The predicted molar refractivity (Wildman–Crippen MR) is 48.3 cm³/mol. The molecule has 0 unspecified atom stereocenters. The molecule has 0 amide bonds. The fourth-order valence-corrected chi connectivity index (χ4v) is 0.711. The molecular weight excluding hydrogens is 134 g/mol. The van der Waals surface area contributed by atoms with E-state index in [0.717, 1.165) is 5.69 Å². The number of benzene rings is 1. The summed E-state index contributed by atoms with van der Waals surface area (Å²) in [6.45, 7) is 4.12. The van der Waals surface area contributed by atoms with E-state index in [1.807, 2.05) is 30.5 Å². The molecule has 1 heteroatoms. The van der Waals surface area contributed by atoms with Crippen LogP contribution < -0.4 is 5.32 Å². The van der Waals surface area contributed by atoms with Gasteiger partial charge in [0.05, 0.1) is 0 Å². The first-order chi connectivity index (χ1) is 5.29. The van der Waals surface area contributed by atoms with E-state index in [2.05, 4.69) is 25.2 Å². The van der Waals surface area contributed by atoms with Crippen molar-refractivity contribution in [1.29, 1.82) is 0 Å². The highest BCUT2D eigenvalue weighted by molar-refractivity contribution is 5.44. The summed E-state index contributed by atoms with van der Waals surface area (Å²) < 4.78 is 0. The lowest BCUT2D eigenvalue weighted by atomic mass is 10.3. The third kappa shape index (κ3) is 2.89. The van der Waals surface area contributed by atoms with E-state index in [-0.39, 0.29) is 0 Å². The second-order valence-electron chi connectivity index (χ2n) is 2.65. The summed E-state index contributed by atoms with van der Waals surface area (Å²) in [5.41, 5.74) is 2.36. The molecule has 57 valence electrons. The maximum atomic E-state index is 3.16. The van der Waals surface area contributed by atoms with Crippen LogP contribution in [0.25, 0.3) is 0 Å². The summed E-state index contributed by atoms with van der Waals surface area (Å²) in [5, 5.41) is 3.16. The van der Waals surface area contributed by atoms with Gasteiger partial charge in [-0.15, -0.1) is 0 Å². The second kappa shape index (κ2) is 3.81. The number of rotatable bonds is 2. The highest BCUT2D eigenvalue weighted by Crippen LogP contribution is 2.04. The summed E-state index contributed by atoms with van der Waals surface area (Å²) in [7, 11) is 0. The maximum Gasteiger partial charge on any atom is 0.0380 e. The van der Waals surface area contributed by atoms with Crippen LogP contribution in [0.15, 0.2) is 36.0 Å². The normalized spacial score (nSPS) is 8.91. The molecule has 0 aliphatic heterocycles. The Kier molecular flexibility index (Phi) is 2.73. The van der Waals surface area contributed by atoms with Crippen molar-refractivity contribution in [3.8, 4) is 0 Å². The van der Waals surface area contributed by atoms with Gasteiger partial charge in [0.25, 0.3) is 0 Å². The first-order valence-electron chi connectivity index (χ1n) is 3.65. The van der Waals surface area contributed by atoms with E-state index in [4.69, 9.17) is 0 Å². The van der Waals surface area contributed by atoms with Gasteiger partial charge < -0.3 is 5.32 Å². The van der Waals surface area contributed by atoms with Gasteiger partial charge in [0.2, 0.25) is 0 Å². The number of hydrogen-bond donors (Lipinski definition) is 1. The van der Waals surface area contributed by atoms with Gasteiger partial charge in [-0.05, 0) is 38.2 Å². The van der Waals surface area contributed by atoms with Gasteiger partial charge in [0.1, 0.15) is 0 Å². The lowest BCUT2D eigenvalue weighted by Gasteiger charge is -1.98. The van der Waals surface area contributed by atoms with Crippen LogP contribution in [0, 0.1) is 6.07 Å². The Morgan fingerprint density at radius 2 is 2.00 bits per heavy atom. The van der Waals surface area contributed by atoms with Crippen molar-refractivity contribution in [2.75, 3.05) is 5.32 Å². The maximum absolute atomic E-state index is 3.16. The van der Waals surface area contributed by atoms with Crippen LogP contribution in [0.4, 0.5) is 5.69 Å². The second-order valence-corrected chi connectivity index (χ2v) is 2.65. The number of allylic oxidation sites excluding steroid dienone is 1. The molecule has 1 N–H and O–H groups in total. The molecule has 0 aromatic heterocycles. The molecule has 0 aliphatic rings. The summed E-state index contributed by atoms with van der Waals surface area (Å²) in [6, 6.07) is 10.7. The fourth-order valence-electron chi connectivity index (χ4n) is 0.711. The average molecular weight is 146 g/mol. The Labute approximate surface area is 67.8 Å². The average Bonchev–Trinajstić information content (AvgIpc) is 2.03. The van der Waals surface area contributed by atoms with E-state index in [0.29, 0.717) is 0 Å². The van der Waals surface area contributed by atoms with E-state index < -0.39 is 0 Å². The van der Waals surface area contributed by atoms with E-state index >= 15 is 0 Å². The van der Waals surface area contributed by atoms with Crippen molar-refractivity contribution in [2.45, 2.75) is 13.8 Å². The molecule has 0 aliphatic carbocycles. The summed E-state index contributed by atoms with van der Waals surface area (Å²) in [4.78, 5) is 0. The molecule has 0 fully saturated rings. The smallest absolute Gasteiger partial charge is 0.0380 e. The largest absolute Gasteiger partial charge is 0.362 e. The molecule has 0 heterocycles. The Morgan fingerprint density at radius 1 is 1.36 bits per heavy atom. The Balaban J connectivity index is 2.59. The molecule has 0 saturated carbocycles. The van der Waals surface area contributed by atoms with Crippen LogP contribution in [-0.4, -0.2) is 0 Å². The topological polar surface area (TPSA) is 12.0 Å². The fraction of sp³-hybridized carbons (Fsp3) is 0.200. The van der Waals surface area contributed by atoms with Gasteiger partial charge in [-0.1, -0.05) is 17.7 Å². The minimum absolute atomic E-state index is 1.10. The number of nitrogens with one attached hydrogen (secondary N) is 1. The lowest BCUT2D eigenvalue weighted by molar-refractivity contribution is 1.36.